The molecule has 3 nitrogen and oxygen atoms in total. The molecule has 0 unspecified atom stereocenters. The summed E-state index contributed by atoms with van der Waals surface area (Å²) in [4.78, 5) is 0. The second kappa shape index (κ2) is 4.67. The van der Waals surface area contributed by atoms with E-state index >= 15 is 0 Å². The molecule has 0 bridgehead atoms. The third-order valence-electron chi connectivity index (χ3n) is 3.89. The molecular weight excluding hydrogens is 246 g/mol. The Bertz CT molecular complexity index is 441. The lowest BCUT2D eigenvalue weighted by Gasteiger charge is -2.39. The quantitative estimate of drug-likeness (QED) is 0.908. The van der Waals surface area contributed by atoms with E-state index in [1.807, 2.05) is 23.9 Å². The van der Waals surface area contributed by atoms with Crippen molar-refractivity contribution in [3.8, 4) is 11.5 Å². The van der Waals surface area contributed by atoms with Gasteiger partial charge >= 0.3 is 0 Å². The number of thioether (sulfide) groups is 1. The molecule has 3 rings (SSSR count). The monoisotopic (exact) mass is 265 g/mol. The molecule has 0 atom stereocenters. The van der Waals surface area contributed by atoms with Crippen molar-refractivity contribution in [2.24, 2.45) is 5.73 Å². The van der Waals surface area contributed by atoms with Crippen LogP contribution in [0.25, 0.3) is 0 Å². The maximum absolute atomic E-state index is 6.34. The summed E-state index contributed by atoms with van der Waals surface area (Å²) in [5.41, 5.74) is 7.36. The molecule has 2 N–H and O–H groups in total. The van der Waals surface area contributed by atoms with Gasteiger partial charge in [0, 0.05) is 17.0 Å². The molecule has 2 aliphatic rings. The standard InChI is InChI=1S/C14H19NO2S/c1-16-13-7-10(14(15)5-2-6-14)3-4-12(13)17-11-8-18-9-11/h3-4,7,11H,2,5-6,8-9,15H2,1H3. The summed E-state index contributed by atoms with van der Waals surface area (Å²) in [6, 6.07) is 6.13. The first-order valence-corrected chi connectivity index (χ1v) is 7.58. The number of nitrogens with two attached hydrogens (primary N) is 1. The van der Waals surface area contributed by atoms with E-state index in [1.165, 1.54) is 12.0 Å². The molecular formula is C14H19NO2S. The highest BCUT2D eigenvalue weighted by atomic mass is 32.2. The van der Waals surface area contributed by atoms with Gasteiger partial charge < -0.3 is 15.2 Å². The number of rotatable bonds is 4. The Hall–Kier alpha value is -0.870. The predicted octanol–water partition coefficient (Wildman–Crippen LogP) is 2.53. The topological polar surface area (TPSA) is 44.5 Å². The van der Waals surface area contributed by atoms with Crippen molar-refractivity contribution in [2.75, 3.05) is 18.6 Å². The SMILES string of the molecule is COc1cc(C2(N)CCC2)ccc1OC1CSC1. The highest BCUT2D eigenvalue weighted by Gasteiger charge is 2.35. The van der Waals surface area contributed by atoms with Crippen LogP contribution in [0.1, 0.15) is 24.8 Å². The maximum atomic E-state index is 6.34. The second-order valence-corrected chi connectivity index (χ2v) is 6.23. The Kier molecular flexibility index (Phi) is 3.16. The van der Waals surface area contributed by atoms with Crippen molar-refractivity contribution in [2.45, 2.75) is 30.9 Å². The molecule has 1 saturated carbocycles. The minimum Gasteiger partial charge on any atom is -0.493 e. The van der Waals surface area contributed by atoms with Crippen molar-refractivity contribution < 1.29 is 9.47 Å². The van der Waals surface area contributed by atoms with Crippen LogP contribution in [0, 0.1) is 0 Å². The maximum Gasteiger partial charge on any atom is 0.161 e. The van der Waals surface area contributed by atoms with Gasteiger partial charge in [-0.15, -0.1) is 0 Å². The Morgan fingerprint density at radius 1 is 1.28 bits per heavy atom. The van der Waals surface area contributed by atoms with Crippen molar-refractivity contribution in [1.29, 1.82) is 0 Å². The molecule has 2 fully saturated rings. The normalized spacial score (nSPS) is 21.9. The average molecular weight is 265 g/mol. The van der Waals surface area contributed by atoms with E-state index in [4.69, 9.17) is 15.2 Å². The minimum absolute atomic E-state index is 0.141. The van der Waals surface area contributed by atoms with Gasteiger partial charge in [-0.2, -0.15) is 11.8 Å². The molecule has 0 radical (unpaired) electrons. The fraction of sp³-hybridized carbons (Fsp3) is 0.571. The Morgan fingerprint density at radius 2 is 2.06 bits per heavy atom. The number of hydrogen-bond acceptors (Lipinski definition) is 4. The van der Waals surface area contributed by atoms with Gasteiger partial charge in [0.2, 0.25) is 0 Å². The van der Waals surface area contributed by atoms with Crippen molar-refractivity contribution in [3.05, 3.63) is 23.8 Å². The third-order valence-corrected chi connectivity index (χ3v) is 5.10. The van der Waals surface area contributed by atoms with E-state index in [0.29, 0.717) is 6.10 Å². The summed E-state index contributed by atoms with van der Waals surface area (Å²) < 4.78 is 11.3. The number of hydrogen-bond donors (Lipinski definition) is 1. The summed E-state index contributed by atoms with van der Waals surface area (Å²) in [7, 11) is 1.69. The predicted molar refractivity (Wildman–Crippen MR) is 74.5 cm³/mol. The first-order chi connectivity index (χ1) is 8.71. The lowest BCUT2D eigenvalue weighted by Crippen LogP contribution is -2.43. The molecule has 4 heteroatoms. The van der Waals surface area contributed by atoms with E-state index in [0.717, 1.165) is 35.8 Å². The first kappa shape index (κ1) is 12.2. The van der Waals surface area contributed by atoms with Crippen LogP contribution in [0.15, 0.2) is 18.2 Å². The summed E-state index contributed by atoms with van der Waals surface area (Å²) in [5.74, 6) is 3.80. The molecule has 1 aliphatic carbocycles. The van der Waals surface area contributed by atoms with E-state index in [-0.39, 0.29) is 5.54 Å². The first-order valence-electron chi connectivity index (χ1n) is 6.43. The minimum atomic E-state index is -0.141. The Morgan fingerprint density at radius 3 is 2.56 bits per heavy atom. The van der Waals surface area contributed by atoms with Gasteiger partial charge in [-0.25, -0.2) is 0 Å². The van der Waals surface area contributed by atoms with E-state index < -0.39 is 0 Å². The third kappa shape index (κ3) is 2.08. The zero-order valence-corrected chi connectivity index (χ0v) is 11.5. The van der Waals surface area contributed by atoms with E-state index in [1.54, 1.807) is 7.11 Å². The molecule has 98 valence electrons. The largest absolute Gasteiger partial charge is 0.493 e. The number of ether oxygens (including phenoxy) is 2. The van der Waals surface area contributed by atoms with Gasteiger partial charge in [-0.1, -0.05) is 6.07 Å². The molecule has 18 heavy (non-hydrogen) atoms. The Balaban J connectivity index is 1.82. The van der Waals surface area contributed by atoms with Gasteiger partial charge in [-0.3, -0.25) is 0 Å². The van der Waals surface area contributed by atoms with Crippen LogP contribution in [0.3, 0.4) is 0 Å². The van der Waals surface area contributed by atoms with Crippen LogP contribution in [0.2, 0.25) is 0 Å². The van der Waals surface area contributed by atoms with Crippen LogP contribution in [-0.2, 0) is 5.54 Å². The molecule has 0 amide bonds. The van der Waals surface area contributed by atoms with Gasteiger partial charge in [0.25, 0.3) is 0 Å². The zero-order valence-electron chi connectivity index (χ0n) is 10.6. The fourth-order valence-electron chi connectivity index (χ4n) is 2.38. The molecule has 1 saturated heterocycles. The smallest absolute Gasteiger partial charge is 0.161 e. The lowest BCUT2D eigenvalue weighted by molar-refractivity contribution is 0.225. The Labute approximate surface area is 112 Å². The molecule has 0 aromatic heterocycles. The van der Waals surface area contributed by atoms with Gasteiger partial charge in [0.05, 0.1) is 7.11 Å². The van der Waals surface area contributed by atoms with Crippen LogP contribution < -0.4 is 15.2 Å². The second-order valence-electron chi connectivity index (χ2n) is 5.15. The molecule has 1 heterocycles. The van der Waals surface area contributed by atoms with Crippen LogP contribution >= 0.6 is 11.8 Å². The van der Waals surface area contributed by atoms with Gasteiger partial charge in [-0.05, 0) is 37.0 Å². The fourth-order valence-corrected chi connectivity index (χ4v) is 2.95. The lowest BCUT2D eigenvalue weighted by atomic mass is 9.73. The van der Waals surface area contributed by atoms with Crippen LogP contribution in [0.5, 0.6) is 11.5 Å². The summed E-state index contributed by atoms with van der Waals surface area (Å²) in [6.45, 7) is 0. The number of methoxy groups -OCH3 is 1. The van der Waals surface area contributed by atoms with Crippen molar-refractivity contribution in [3.63, 3.8) is 0 Å². The zero-order chi connectivity index (χ0) is 12.6. The summed E-state index contributed by atoms with van der Waals surface area (Å²) in [6.07, 6.45) is 3.69. The highest BCUT2D eigenvalue weighted by Crippen LogP contribution is 2.42. The molecule has 1 aromatic rings. The highest BCUT2D eigenvalue weighted by molar-refractivity contribution is 8.00. The van der Waals surface area contributed by atoms with E-state index in [9.17, 15) is 0 Å². The molecule has 1 aromatic carbocycles. The van der Waals surface area contributed by atoms with E-state index in [2.05, 4.69) is 6.07 Å². The van der Waals surface area contributed by atoms with Crippen LogP contribution in [0.4, 0.5) is 0 Å². The average Bonchev–Trinajstić information content (AvgIpc) is 2.30. The summed E-state index contributed by atoms with van der Waals surface area (Å²) >= 11 is 1.91. The molecule has 0 spiro atoms. The van der Waals surface area contributed by atoms with Crippen LogP contribution in [-0.4, -0.2) is 24.7 Å². The van der Waals surface area contributed by atoms with Crippen molar-refractivity contribution in [1.82, 2.24) is 0 Å². The summed E-state index contributed by atoms with van der Waals surface area (Å²) in [5, 5.41) is 0. The molecule has 1 aliphatic heterocycles. The number of benzene rings is 1. The van der Waals surface area contributed by atoms with Gasteiger partial charge in [0.1, 0.15) is 6.10 Å². The van der Waals surface area contributed by atoms with Crippen molar-refractivity contribution >= 4 is 11.8 Å². The van der Waals surface area contributed by atoms with Gasteiger partial charge in [0.15, 0.2) is 11.5 Å².